The molecule has 0 heterocycles. The van der Waals surface area contributed by atoms with Crippen molar-refractivity contribution in [2.24, 2.45) is 0 Å². The van der Waals surface area contributed by atoms with Gasteiger partial charge in [0.2, 0.25) is 0 Å². The minimum Gasteiger partial charge on any atom is -0.352 e. The summed E-state index contributed by atoms with van der Waals surface area (Å²) >= 11 is 1.15. The van der Waals surface area contributed by atoms with Gasteiger partial charge in [0.15, 0.2) is 0 Å². The summed E-state index contributed by atoms with van der Waals surface area (Å²) in [6.45, 7) is 2.57. The number of hydrogen-bond acceptors (Lipinski definition) is 2. The van der Waals surface area contributed by atoms with Crippen molar-refractivity contribution in [1.29, 1.82) is 0 Å². The minimum absolute atomic E-state index is 0.00528. The van der Waals surface area contributed by atoms with Gasteiger partial charge in [0.05, 0.1) is 0 Å². The Morgan fingerprint density at radius 2 is 1.82 bits per heavy atom. The van der Waals surface area contributed by atoms with Crippen molar-refractivity contribution in [3.8, 4) is 0 Å². The fraction of sp³-hybridized carbons (Fsp3) is 0.154. The van der Waals surface area contributed by atoms with Crippen molar-refractivity contribution >= 4 is 39.7 Å². The fourth-order valence-electron chi connectivity index (χ4n) is 1.68. The lowest BCUT2D eigenvalue weighted by molar-refractivity contribution is 0.0957. The minimum atomic E-state index is -0.00528. The van der Waals surface area contributed by atoms with Gasteiger partial charge < -0.3 is 8.75 Å². The van der Waals surface area contributed by atoms with Gasteiger partial charge in [0.25, 0.3) is 5.91 Å². The van der Waals surface area contributed by atoms with Crippen LogP contribution in [0.2, 0.25) is 0 Å². The summed E-state index contributed by atoms with van der Waals surface area (Å²) in [5.41, 5.74) is 0.745. The van der Waals surface area contributed by atoms with Crippen molar-refractivity contribution < 1.29 is 8.23 Å². The number of halogens is 1. The van der Waals surface area contributed by atoms with Crippen LogP contribution in [0.1, 0.15) is 17.3 Å². The normalized spacial score (nSPS) is 9.35. The van der Waals surface area contributed by atoms with Crippen LogP contribution in [-0.4, -0.2) is 15.9 Å². The topological polar surface area (TPSA) is 49.3 Å². The van der Waals surface area contributed by atoms with Crippen molar-refractivity contribution in [1.82, 2.24) is 5.32 Å². The predicted octanol–water partition coefficient (Wildman–Crippen LogP) is 2.92. The maximum atomic E-state index is 11.7. The van der Waals surface area contributed by atoms with E-state index in [0.29, 0.717) is 6.54 Å². The van der Waals surface area contributed by atoms with Gasteiger partial charge in [-0.05, 0) is 23.8 Å². The van der Waals surface area contributed by atoms with Gasteiger partial charge in [-0.3, -0.25) is 4.79 Å². The summed E-state index contributed by atoms with van der Waals surface area (Å²) in [5, 5.41) is 4.92. The molecule has 0 fully saturated rings. The lowest BCUT2D eigenvalue weighted by atomic mass is 10.0. The zero-order valence-electron chi connectivity index (χ0n) is 9.48. The molecule has 3 nitrogen and oxygen atoms in total. The molecule has 4 heteroatoms. The van der Waals surface area contributed by atoms with Gasteiger partial charge in [-0.15, -0.1) is 0 Å². The molecule has 2 aromatic rings. The van der Waals surface area contributed by atoms with E-state index < -0.39 is 0 Å². The van der Waals surface area contributed by atoms with Crippen LogP contribution < -0.4 is 5.32 Å². The van der Waals surface area contributed by atoms with E-state index >= 15 is 0 Å². The quantitative estimate of drug-likeness (QED) is 0.824. The van der Waals surface area contributed by atoms with Crippen LogP contribution in [0.15, 0.2) is 42.5 Å². The summed E-state index contributed by atoms with van der Waals surface area (Å²) in [7, 11) is 0. The Balaban J connectivity index is 0.000000686. The van der Waals surface area contributed by atoms with Crippen molar-refractivity contribution in [2.75, 3.05) is 6.54 Å². The molecule has 2 N–H and O–H groups in total. The van der Waals surface area contributed by atoms with Gasteiger partial charge >= 0.3 is 0 Å². The first kappa shape index (κ1) is 13.9. The first-order chi connectivity index (χ1) is 8.33. The molecule has 0 radical (unpaired) electrons. The van der Waals surface area contributed by atoms with Crippen molar-refractivity contribution in [3.05, 3.63) is 48.0 Å². The molecule has 0 spiro atoms. The Labute approximate surface area is 115 Å². The van der Waals surface area contributed by atoms with Crippen molar-refractivity contribution in [2.45, 2.75) is 6.92 Å². The highest BCUT2D eigenvalue weighted by molar-refractivity contribution is 14.1. The number of hydrogen-bond donors (Lipinski definition) is 2. The number of rotatable bonds is 2. The highest BCUT2D eigenvalue weighted by Gasteiger charge is 2.07. The second-order valence-corrected chi connectivity index (χ2v) is 3.39. The molecule has 0 aliphatic heterocycles. The van der Waals surface area contributed by atoms with E-state index in [9.17, 15) is 4.79 Å². The molecular formula is C13H14INO2. The third-order valence-electron chi connectivity index (χ3n) is 2.37. The van der Waals surface area contributed by atoms with Gasteiger partial charge in [0, 0.05) is 12.1 Å². The van der Waals surface area contributed by atoms with Gasteiger partial charge in [0.1, 0.15) is 23.0 Å². The number of carbonyl (C=O) groups excluding carboxylic acids is 1. The van der Waals surface area contributed by atoms with E-state index in [-0.39, 0.29) is 5.91 Å². The molecule has 17 heavy (non-hydrogen) atoms. The molecule has 2 aromatic carbocycles. The van der Waals surface area contributed by atoms with E-state index in [1.807, 2.05) is 49.4 Å². The van der Waals surface area contributed by atoms with E-state index in [1.165, 1.54) is 0 Å². The van der Waals surface area contributed by atoms with Crippen molar-refractivity contribution in [3.63, 3.8) is 0 Å². The van der Waals surface area contributed by atoms with Crippen LogP contribution in [0.25, 0.3) is 10.8 Å². The first-order valence-corrected chi connectivity index (χ1v) is 6.22. The molecule has 0 atom stereocenters. The Bertz CT molecular complexity index is 494. The second kappa shape index (κ2) is 7.24. The van der Waals surface area contributed by atoms with Crippen LogP contribution in [0.5, 0.6) is 0 Å². The Morgan fingerprint density at radius 3 is 2.53 bits per heavy atom. The molecule has 0 unspecified atom stereocenters. The largest absolute Gasteiger partial charge is 0.352 e. The summed E-state index contributed by atoms with van der Waals surface area (Å²) in [6, 6.07) is 13.7. The Hall–Kier alpha value is -1.14. The molecule has 0 saturated carbocycles. The zero-order valence-corrected chi connectivity index (χ0v) is 11.6. The fourth-order valence-corrected chi connectivity index (χ4v) is 1.68. The summed E-state index contributed by atoms with van der Waals surface area (Å²) in [6.07, 6.45) is 0. The number of benzene rings is 2. The third kappa shape index (κ3) is 3.41. The lowest BCUT2D eigenvalue weighted by Gasteiger charge is -2.05. The van der Waals surface area contributed by atoms with Crippen LogP contribution in [-0.2, 0) is 0 Å². The highest BCUT2D eigenvalue weighted by Crippen LogP contribution is 2.18. The SMILES string of the molecule is CCNC(=O)c1cccc2ccccc12.OI. The molecule has 0 aliphatic carbocycles. The predicted molar refractivity (Wildman–Crippen MR) is 78.2 cm³/mol. The van der Waals surface area contributed by atoms with Gasteiger partial charge in [-0.1, -0.05) is 36.4 Å². The van der Waals surface area contributed by atoms with Crippen LogP contribution in [0.4, 0.5) is 0 Å². The Kier molecular flexibility index (Phi) is 5.93. The summed E-state index contributed by atoms with van der Waals surface area (Å²) in [5.74, 6) is -0.00528. The summed E-state index contributed by atoms with van der Waals surface area (Å²) < 4.78 is 6.97. The molecule has 2 rings (SSSR count). The molecule has 0 saturated heterocycles. The molecular weight excluding hydrogens is 329 g/mol. The van der Waals surface area contributed by atoms with Gasteiger partial charge in [-0.25, -0.2) is 0 Å². The molecule has 0 aliphatic rings. The molecule has 0 bridgehead atoms. The monoisotopic (exact) mass is 343 g/mol. The zero-order chi connectivity index (χ0) is 12.7. The second-order valence-electron chi connectivity index (χ2n) is 3.39. The highest BCUT2D eigenvalue weighted by atomic mass is 127. The third-order valence-corrected chi connectivity index (χ3v) is 2.37. The molecule has 90 valence electrons. The van der Waals surface area contributed by atoms with Crippen LogP contribution in [0, 0.1) is 0 Å². The average Bonchev–Trinajstić information content (AvgIpc) is 2.40. The Morgan fingerprint density at radius 1 is 1.18 bits per heavy atom. The number of amides is 1. The molecule has 1 amide bonds. The van der Waals surface area contributed by atoms with Crippen LogP contribution >= 0.6 is 23.0 Å². The first-order valence-electron chi connectivity index (χ1n) is 5.26. The van der Waals surface area contributed by atoms with E-state index in [1.54, 1.807) is 0 Å². The lowest BCUT2D eigenvalue weighted by Crippen LogP contribution is -2.22. The maximum absolute atomic E-state index is 11.7. The molecule has 0 aromatic heterocycles. The number of fused-ring (bicyclic) bond motifs is 1. The van der Waals surface area contributed by atoms with Crippen LogP contribution in [0.3, 0.4) is 0 Å². The number of carbonyl (C=O) groups is 1. The standard InChI is InChI=1S/C13H13NO.HIO/c1-2-14-13(15)12-9-5-7-10-6-3-4-8-11(10)12;1-2/h3-9H,2H2,1H3,(H,14,15);2H. The van der Waals surface area contributed by atoms with Gasteiger partial charge in [-0.2, -0.15) is 0 Å². The van der Waals surface area contributed by atoms with E-state index in [2.05, 4.69) is 5.32 Å². The van der Waals surface area contributed by atoms with E-state index in [4.69, 9.17) is 3.44 Å². The number of nitrogens with one attached hydrogen (secondary N) is 1. The smallest absolute Gasteiger partial charge is 0.251 e. The van der Waals surface area contributed by atoms with E-state index in [0.717, 1.165) is 39.3 Å². The maximum Gasteiger partial charge on any atom is 0.251 e. The average molecular weight is 343 g/mol. The summed E-state index contributed by atoms with van der Waals surface area (Å²) in [4.78, 5) is 11.7.